The summed E-state index contributed by atoms with van der Waals surface area (Å²) in [6.45, 7) is 10.7. The van der Waals surface area contributed by atoms with E-state index in [0.717, 1.165) is 5.56 Å². The van der Waals surface area contributed by atoms with Gasteiger partial charge in [-0.2, -0.15) is 0 Å². The predicted octanol–water partition coefficient (Wildman–Crippen LogP) is 2.38. The molecule has 1 spiro atoms. The standard InChI is InChI=1S/C29H39N3O5/c1-5-16-30(4)25(34)22-23-26(35)32(18-11-19-33)24(29(23)15-14-28(22,7-3)37-29)27(36)31(17-6-2)20-21-12-9-8-10-13-21/h5-6,8-10,12-13,22-24,33H,1-2,7,11,14-20H2,3-4H3/t22-,23+,24?,28+,29?/m1/s1. The molecule has 3 aliphatic rings. The Morgan fingerprint density at radius 1 is 1.16 bits per heavy atom. The molecule has 1 aromatic rings. The summed E-state index contributed by atoms with van der Waals surface area (Å²) in [6.07, 6.45) is 5.41. The van der Waals surface area contributed by atoms with E-state index < -0.39 is 29.1 Å². The number of likely N-dealkylation sites (N-methyl/N-ethyl adjacent to an activating group) is 1. The summed E-state index contributed by atoms with van der Waals surface area (Å²) < 4.78 is 6.80. The molecule has 37 heavy (non-hydrogen) atoms. The Labute approximate surface area is 219 Å². The minimum Gasteiger partial charge on any atom is -0.396 e. The monoisotopic (exact) mass is 509 g/mol. The lowest BCUT2D eigenvalue weighted by molar-refractivity contribution is -0.155. The molecule has 8 heteroatoms. The summed E-state index contributed by atoms with van der Waals surface area (Å²) in [5.41, 5.74) is -0.888. The number of aliphatic hydroxyl groups is 1. The summed E-state index contributed by atoms with van der Waals surface area (Å²) in [6, 6.07) is 8.83. The van der Waals surface area contributed by atoms with Crippen LogP contribution in [0.5, 0.6) is 0 Å². The Balaban J connectivity index is 1.76. The van der Waals surface area contributed by atoms with Gasteiger partial charge in [0.1, 0.15) is 11.6 Å². The molecule has 0 saturated carbocycles. The molecule has 2 unspecified atom stereocenters. The summed E-state index contributed by atoms with van der Waals surface area (Å²) in [4.78, 5) is 47.0. The lowest BCUT2D eigenvalue weighted by Crippen LogP contribution is -2.56. The number of hydrogen-bond acceptors (Lipinski definition) is 5. The van der Waals surface area contributed by atoms with E-state index in [0.29, 0.717) is 45.3 Å². The second kappa shape index (κ2) is 10.8. The minimum atomic E-state index is -1.08. The van der Waals surface area contributed by atoms with E-state index in [4.69, 9.17) is 4.74 Å². The van der Waals surface area contributed by atoms with E-state index in [1.807, 2.05) is 37.3 Å². The van der Waals surface area contributed by atoms with Gasteiger partial charge in [-0.25, -0.2) is 0 Å². The number of carbonyl (C=O) groups excluding carboxylic acids is 3. The average molecular weight is 510 g/mol. The van der Waals surface area contributed by atoms with E-state index in [1.165, 1.54) is 0 Å². The highest BCUT2D eigenvalue weighted by Crippen LogP contribution is 2.64. The molecule has 3 amide bonds. The number of rotatable bonds is 12. The van der Waals surface area contributed by atoms with E-state index in [2.05, 4.69) is 13.2 Å². The first kappa shape index (κ1) is 27.1. The zero-order valence-electron chi connectivity index (χ0n) is 22.0. The van der Waals surface area contributed by atoms with Crippen LogP contribution in [-0.2, 0) is 25.7 Å². The fraction of sp³-hybridized carbons (Fsp3) is 0.552. The molecule has 1 N–H and O–H groups in total. The van der Waals surface area contributed by atoms with Crippen LogP contribution in [0, 0.1) is 11.8 Å². The van der Waals surface area contributed by atoms with Crippen LogP contribution in [0.15, 0.2) is 55.6 Å². The van der Waals surface area contributed by atoms with Crippen molar-refractivity contribution in [1.82, 2.24) is 14.7 Å². The fourth-order valence-electron chi connectivity index (χ4n) is 6.74. The molecule has 0 aliphatic carbocycles. The third-order valence-electron chi connectivity index (χ3n) is 8.39. The van der Waals surface area contributed by atoms with Gasteiger partial charge in [-0.3, -0.25) is 14.4 Å². The number of amides is 3. The molecular formula is C29H39N3O5. The SMILES string of the molecule is C=CCN(C)C(=O)[C@H]1[C@H]2C(=O)N(CCCO)C(C(=O)N(CC=C)Cc3ccccc3)C23CC[C@]1(CC)O3. The summed E-state index contributed by atoms with van der Waals surface area (Å²) in [5.74, 6) is -2.00. The third-order valence-corrected chi connectivity index (χ3v) is 8.39. The number of nitrogens with zero attached hydrogens (tertiary/aromatic N) is 3. The maximum atomic E-state index is 14.3. The Bertz CT molecular complexity index is 1050. The number of likely N-dealkylation sites (tertiary alicyclic amines) is 1. The summed E-state index contributed by atoms with van der Waals surface area (Å²) >= 11 is 0. The van der Waals surface area contributed by atoms with Crippen molar-refractivity contribution < 1.29 is 24.2 Å². The first-order valence-electron chi connectivity index (χ1n) is 13.2. The smallest absolute Gasteiger partial charge is 0.248 e. The molecule has 3 aliphatic heterocycles. The van der Waals surface area contributed by atoms with Crippen molar-refractivity contribution in [3.63, 3.8) is 0 Å². The largest absolute Gasteiger partial charge is 0.396 e. The van der Waals surface area contributed by atoms with Crippen LogP contribution in [0.4, 0.5) is 0 Å². The van der Waals surface area contributed by atoms with Crippen molar-refractivity contribution in [2.45, 2.75) is 56.4 Å². The van der Waals surface area contributed by atoms with Crippen LogP contribution in [0.25, 0.3) is 0 Å². The van der Waals surface area contributed by atoms with Crippen LogP contribution in [-0.4, -0.2) is 88.1 Å². The lowest BCUT2D eigenvalue weighted by Gasteiger charge is -2.37. The molecule has 3 heterocycles. The van der Waals surface area contributed by atoms with Crippen LogP contribution in [0.1, 0.15) is 38.2 Å². The molecular weight excluding hydrogens is 470 g/mol. The van der Waals surface area contributed by atoms with E-state index in [9.17, 15) is 19.5 Å². The number of carbonyl (C=O) groups is 3. The number of ether oxygens (including phenoxy) is 1. The van der Waals surface area contributed by atoms with Gasteiger partial charge in [0.25, 0.3) is 0 Å². The zero-order chi connectivity index (χ0) is 26.8. The van der Waals surface area contributed by atoms with Crippen LogP contribution in [0.2, 0.25) is 0 Å². The quantitative estimate of drug-likeness (QED) is 0.437. The second-order valence-corrected chi connectivity index (χ2v) is 10.4. The number of hydrogen-bond donors (Lipinski definition) is 1. The minimum absolute atomic E-state index is 0.104. The summed E-state index contributed by atoms with van der Waals surface area (Å²) in [5, 5.41) is 9.56. The molecule has 3 fully saturated rings. The molecule has 1 aromatic carbocycles. The van der Waals surface area contributed by atoms with E-state index >= 15 is 0 Å². The normalized spacial score (nSPS) is 29.8. The molecule has 200 valence electrons. The second-order valence-electron chi connectivity index (χ2n) is 10.4. The third kappa shape index (κ3) is 4.40. The number of fused-ring (bicyclic) bond motifs is 1. The van der Waals surface area contributed by atoms with Crippen LogP contribution in [0.3, 0.4) is 0 Å². The highest BCUT2D eigenvalue weighted by atomic mass is 16.5. The molecule has 5 atom stereocenters. The molecule has 4 rings (SSSR count). The molecule has 8 nitrogen and oxygen atoms in total. The van der Waals surface area contributed by atoms with Crippen LogP contribution >= 0.6 is 0 Å². The number of benzene rings is 1. The van der Waals surface area contributed by atoms with Crippen molar-refractivity contribution in [3.8, 4) is 0 Å². The van der Waals surface area contributed by atoms with E-state index in [-0.39, 0.29) is 30.9 Å². The maximum absolute atomic E-state index is 14.3. The van der Waals surface area contributed by atoms with Crippen molar-refractivity contribution in [3.05, 3.63) is 61.2 Å². The Morgan fingerprint density at radius 2 is 1.86 bits per heavy atom. The first-order valence-corrected chi connectivity index (χ1v) is 13.2. The van der Waals surface area contributed by atoms with Gasteiger partial charge in [0.05, 0.1) is 17.4 Å². The van der Waals surface area contributed by atoms with Crippen molar-refractivity contribution >= 4 is 17.7 Å². The molecule has 3 saturated heterocycles. The van der Waals surface area contributed by atoms with Gasteiger partial charge >= 0.3 is 0 Å². The Morgan fingerprint density at radius 3 is 2.49 bits per heavy atom. The highest BCUT2D eigenvalue weighted by molar-refractivity contribution is 5.99. The van der Waals surface area contributed by atoms with Gasteiger partial charge in [-0.15, -0.1) is 13.2 Å². The maximum Gasteiger partial charge on any atom is 0.248 e. The van der Waals surface area contributed by atoms with Crippen LogP contribution < -0.4 is 0 Å². The fourth-order valence-corrected chi connectivity index (χ4v) is 6.74. The van der Waals surface area contributed by atoms with Gasteiger partial charge in [-0.1, -0.05) is 49.4 Å². The van der Waals surface area contributed by atoms with Gasteiger partial charge in [-0.05, 0) is 31.2 Å². The Kier molecular flexibility index (Phi) is 7.90. The van der Waals surface area contributed by atoms with Gasteiger partial charge in [0.15, 0.2) is 0 Å². The summed E-state index contributed by atoms with van der Waals surface area (Å²) in [7, 11) is 1.71. The van der Waals surface area contributed by atoms with Gasteiger partial charge < -0.3 is 24.5 Å². The van der Waals surface area contributed by atoms with Crippen molar-refractivity contribution in [2.24, 2.45) is 11.8 Å². The van der Waals surface area contributed by atoms with Gasteiger partial charge in [0.2, 0.25) is 17.7 Å². The number of aliphatic hydroxyl groups excluding tert-OH is 1. The highest BCUT2D eigenvalue weighted by Gasteiger charge is 2.78. The van der Waals surface area contributed by atoms with Gasteiger partial charge in [0, 0.05) is 39.8 Å². The molecule has 0 radical (unpaired) electrons. The van der Waals surface area contributed by atoms with Crippen molar-refractivity contribution in [1.29, 1.82) is 0 Å². The van der Waals surface area contributed by atoms with Crippen molar-refractivity contribution in [2.75, 3.05) is 33.3 Å². The Hall–Kier alpha value is -2.97. The first-order chi connectivity index (χ1) is 17.8. The lowest BCUT2D eigenvalue weighted by atomic mass is 9.64. The molecule has 0 aromatic heterocycles. The average Bonchev–Trinajstić information content (AvgIpc) is 3.50. The molecule has 2 bridgehead atoms. The topological polar surface area (TPSA) is 90.4 Å². The van der Waals surface area contributed by atoms with E-state index in [1.54, 1.807) is 33.9 Å². The zero-order valence-corrected chi connectivity index (χ0v) is 22.0. The predicted molar refractivity (Wildman–Crippen MR) is 140 cm³/mol.